The summed E-state index contributed by atoms with van der Waals surface area (Å²) in [6, 6.07) is 9.04. The number of nitrogens with zero attached hydrogens (tertiary/aromatic N) is 5. The SMILES string of the molecule is CN(C)C(=O)Oc1ccc(CC(Nc2nc(N(C)C)ncc2N(C)S(=O)(=O)c2ccc(Cl)c(Cl)c2)C(=O)O)cc1. The number of carbonyl (C=O) groups is 2. The maximum Gasteiger partial charge on any atom is 0.414 e. The van der Waals surface area contributed by atoms with Crippen LogP contribution >= 0.6 is 23.2 Å². The Hall–Kier alpha value is -3.81. The quantitative estimate of drug-likeness (QED) is 0.347. The van der Waals surface area contributed by atoms with Gasteiger partial charge in [-0.1, -0.05) is 35.3 Å². The Morgan fingerprint density at radius 2 is 1.68 bits per heavy atom. The van der Waals surface area contributed by atoms with Crippen molar-refractivity contribution in [3.8, 4) is 5.75 Å². The number of nitrogens with one attached hydrogen (secondary N) is 1. The molecule has 15 heteroatoms. The van der Waals surface area contributed by atoms with Gasteiger partial charge in [0.25, 0.3) is 10.0 Å². The lowest BCUT2D eigenvalue weighted by Gasteiger charge is -2.25. The van der Waals surface area contributed by atoms with Gasteiger partial charge in [-0.25, -0.2) is 23.0 Å². The van der Waals surface area contributed by atoms with E-state index in [9.17, 15) is 23.1 Å². The maximum absolute atomic E-state index is 13.4. The number of aromatic nitrogens is 2. The molecule has 12 nitrogen and oxygen atoms in total. The van der Waals surface area contributed by atoms with E-state index < -0.39 is 28.1 Å². The van der Waals surface area contributed by atoms with Gasteiger partial charge in [0.15, 0.2) is 5.82 Å². The first kappa shape index (κ1) is 30.7. The summed E-state index contributed by atoms with van der Waals surface area (Å²) in [7, 11) is 3.61. The molecular weight excluding hydrogens is 583 g/mol. The smallest absolute Gasteiger partial charge is 0.414 e. The second-order valence-corrected chi connectivity index (χ2v) is 11.8. The Balaban J connectivity index is 1.94. The van der Waals surface area contributed by atoms with Crippen molar-refractivity contribution in [3.05, 3.63) is 64.3 Å². The molecule has 0 aliphatic carbocycles. The highest BCUT2D eigenvalue weighted by Crippen LogP contribution is 2.32. The van der Waals surface area contributed by atoms with Gasteiger partial charge in [0, 0.05) is 41.7 Å². The van der Waals surface area contributed by atoms with Gasteiger partial charge >= 0.3 is 12.1 Å². The molecule has 3 aromatic rings. The number of carbonyl (C=O) groups excluding carboxylic acids is 1. The van der Waals surface area contributed by atoms with Gasteiger partial charge in [0.1, 0.15) is 17.5 Å². The highest BCUT2D eigenvalue weighted by molar-refractivity contribution is 7.92. The number of benzene rings is 2. The Morgan fingerprint density at radius 3 is 2.23 bits per heavy atom. The number of aliphatic carboxylic acids is 1. The fraction of sp³-hybridized carbons (Fsp3) is 0.280. The Labute approximate surface area is 242 Å². The third kappa shape index (κ3) is 7.23. The van der Waals surface area contributed by atoms with E-state index in [0.717, 1.165) is 4.31 Å². The number of sulfonamides is 1. The van der Waals surface area contributed by atoms with Gasteiger partial charge in [-0.2, -0.15) is 4.98 Å². The van der Waals surface area contributed by atoms with Crippen LogP contribution in [0.5, 0.6) is 5.75 Å². The normalized spacial score (nSPS) is 11.9. The highest BCUT2D eigenvalue weighted by atomic mass is 35.5. The molecule has 0 radical (unpaired) electrons. The second kappa shape index (κ2) is 12.6. The van der Waals surface area contributed by atoms with Crippen LogP contribution in [0.2, 0.25) is 10.0 Å². The summed E-state index contributed by atoms with van der Waals surface area (Å²) in [6.07, 6.45) is 0.735. The summed E-state index contributed by atoms with van der Waals surface area (Å²) >= 11 is 12.0. The summed E-state index contributed by atoms with van der Waals surface area (Å²) < 4.78 is 32.9. The molecular formula is C25H28Cl2N6O6S. The molecule has 0 saturated carbocycles. The molecule has 3 rings (SSSR count). The molecule has 2 aromatic carbocycles. The van der Waals surface area contributed by atoms with E-state index in [1.54, 1.807) is 57.4 Å². The molecule has 0 aliphatic rings. The lowest BCUT2D eigenvalue weighted by Crippen LogP contribution is -2.34. The molecule has 1 atom stereocenters. The van der Waals surface area contributed by atoms with Crippen LogP contribution in [0.4, 0.5) is 22.2 Å². The van der Waals surface area contributed by atoms with E-state index in [2.05, 4.69) is 15.3 Å². The average Bonchev–Trinajstić information content (AvgIpc) is 2.90. The Bertz CT molecular complexity index is 1500. The van der Waals surface area contributed by atoms with Gasteiger partial charge in [0.2, 0.25) is 5.95 Å². The van der Waals surface area contributed by atoms with Crippen LogP contribution in [0.25, 0.3) is 0 Å². The average molecular weight is 612 g/mol. The van der Waals surface area contributed by atoms with Gasteiger partial charge in [0.05, 0.1) is 21.1 Å². The number of hydrogen-bond acceptors (Lipinski definition) is 9. The van der Waals surface area contributed by atoms with Crippen molar-refractivity contribution in [2.75, 3.05) is 49.8 Å². The van der Waals surface area contributed by atoms with E-state index in [-0.39, 0.29) is 38.8 Å². The minimum Gasteiger partial charge on any atom is -0.480 e. The van der Waals surface area contributed by atoms with Crippen LogP contribution in [-0.2, 0) is 21.2 Å². The summed E-state index contributed by atoms with van der Waals surface area (Å²) in [5.41, 5.74) is 0.624. The van der Waals surface area contributed by atoms with Gasteiger partial charge in [-0.3, -0.25) is 4.31 Å². The third-order valence-electron chi connectivity index (χ3n) is 5.59. The van der Waals surface area contributed by atoms with Gasteiger partial charge < -0.3 is 25.0 Å². The molecule has 1 amide bonds. The molecule has 1 aromatic heterocycles. The van der Waals surface area contributed by atoms with Crippen molar-refractivity contribution < 1.29 is 27.9 Å². The van der Waals surface area contributed by atoms with Crippen LogP contribution in [0, 0.1) is 0 Å². The van der Waals surface area contributed by atoms with Gasteiger partial charge in [-0.05, 0) is 35.9 Å². The lowest BCUT2D eigenvalue weighted by molar-refractivity contribution is -0.137. The summed E-state index contributed by atoms with van der Waals surface area (Å²) in [6.45, 7) is 0. The molecule has 0 fully saturated rings. The second-order valence-electron chi connectivity index (χ2n) is 8.99. The van der Waals surface area contributed by atoms with Crippen LogP contribution in [0.3, 0.4) is 0 Å². The summed E-state index contributed by atoms with van der Waals surface area (Å²) in [4.78, 5) is 35.3. The number of halogens is 2. The van der Waals surface area contributed by atoms with E-state index >= 15 is 0 Å². The highest BCUT2D eigenvalue weighted by Gasteiger charge is 2.28. The molecule has 0 aliphatic heterocycles. The third-order valence-corrected chi connectivity index (χ3v) is 8.09. The minimum absolute atomic E-state index is 0.00123. The molecule has 40 heavy (non-hydrogen) atoms. The van der Waals surface area contributed by atoms with Crippen molar-refractivity contribution in [3.63, 3.8) is 0 Å². The van der Waals surface area contributed by atoms with Crippen molar-refractivity contribution in [1.29, 1.82) is 0 Å². The summed E-state index contributed by atoms with van der Waals surface area (Å²) in [5, 5.41) is 13.1. The fourth-order valence-electron chi connectivity index (χ4n) is 3.33. The van der Waals surface area contributed by atoms with Crippen molar-refractivity contribution >= 4 is 62.7 Å². The van der Waals surface area contributed by atoms with E-state index in [1.165, 1.54) is 36.3 Å². The summed E-state index contributed by atoms with van der Waals surface area (Å²) in [5.74, 6) is -0.698. The zero-order chi connectivity index (χ0) is 29.8. The Morgan fingerprint density at radius 1 is 1.02 bits per heavy atom. The van der Waals surface area contributed by atoms with Gasteiger partial charge in [-0.15, -0.1) is 0 Å². The molecule has 0 saturated heterocycles. The number of ether oxygens (including phenoxy) is 1. The fourth-order valence-corrected chi connectivity index (χ4v) is 4.91. The standard InChI is InChI=1S/C25H28Cl2N6O6S/c1-31(2)24-28-14-21(33(5)40(37,38)17-10-11-18(26)19(27)13-17)22(30-24)29-20(23(34)35)12-15-6-8-16(9-7-15)39-25(36)32(3)4/h6-11,13-14,20H,12H2,1-5H3,(H,34,35)(H,28,29,30). The predicted molar refractivity (Wildman–Crippen MR) is 153 cm³/mol. The molecule has 1 heterocycles. The maximum atomic E-state index is 13.4. The number of amides is 1. The van der Waals surface area contributed by atoms with Crippen LogP contribution in [0.15, 0.2) is 53.6 Å². The number of anilines is 3. The number of hydrogen-bond donors (Lipinski definition) is 2. The molecule has 0 bridgehead atoms. The zero-order valence-electron chi connectivity index (χ0n) is 22.3. The van der Waals surface area contributed by atoms with Crippen LogP contribution in [-0.4, -0.2) is 81.7 Å². The first-order valence-electron chi connectivity index (χ1n) is 11.7. The molecule has 0 spiro atoms. The van der Waals surface area contributed by atoms with Crippen molar-refractivity contribution in [2.24, 2.45) is 0 Å². The first-order valence-corrected chi connectivity index (χ1v) is 13.9. The van der Waals surface area contributed by atoms with Crippen LogP contribution in [0.1, 0.15) is 5.56 Å². The number of rotatable bonds is 10. The van der Waals surface area contributed by atoms with Crippen molar-refractivity contribution in [1.82, 2.24) is 14.9 Å². The van der Waals surface area contributed by atoms with E-state index in [4.69, 9.17) is 27.9 Å². The van der Waals surface area contributed by atoms with E-state index in [1.807, 2.05) is 0 Å². The molecule has 2 N–H and O–H groups in total. The lowest BCUT2D eigenvalue weighted by atomic mass is 10.1. The Kier molecular flexibility index (Phi) is 9.66. The first-order chi connectivity index (χ1) is 18.7. The van der Waals surface area contributed by atoms with Crippen molar-refractivity contribution in [2.45, 2.75) is 17.4 Å². The molecule has 214 valence electrons. The largest absolute Gasteiger partial charge is 0.480 e. The number of carboxylic acid groups (broad SMARTS) is 1. The zero-order valence-corrected chi connectivity index (χ0v) is 24.6. The number of carboxylic acids is 1. The minimum atomic E-state index is -4.16. The van der Waals surface area contributed by atoms with Crippen LogP contribution < -0.4 is 19.3 Å². The van der Waals surface area contributed by atoms with E-state index in [0.29, 0.717) is 11.3 Å². The monoisotopic (exact) mass is 610 g/mol. The predicted octanol–water partition coefficient (Wildman–Crippen LogP) is 3.84. The topological polar surface area (TPSA) is 145 Å². The molecule has 1 unspecified atom stereocenters.